The lowest BCUT2D eigenvalue weighted by molar-refractivity contribution is 0.131. The normalized spacial score (nSPS) is 39.6. The molecule has 0 radical (unpaired) electrons. The lowest BCUT2D eigenvalue weighted by Gasteiger charge is -2.40. The summed E-state index contributed by atoms with van der Waals surface area (Å²) in [6.45, 7) is 6.94. The van der Waals surface area contributed by atoms with Crippen molar-refractivity contribution in [1.82, 2.24) is 0 Å². The maximum Gasteiger partial charge on any atom is 0.00696 e. The molecular formula is C9H19N. The van der Waals surface area contributed by atoms with Gasteiger partial charge in [0.15, 0.2) is 0 Å². The summed E-state index contributed by atoms with van der Waals surface area (Å²) >= 11 is 0. The van der Waals surface area contributed by atoms with Crippen LogP contribution in [0.15, 0.2) is 0 Å². The molecule has 2 unspecified atom stereocenters. The Morgan fingerprint density at radius 2 is 2.00 bits per heavy atom. The third-order valence-electron chi connectivity index (χ3n) is 3.23. The van der Waals surface area contributed by atoms with Crippen LogP contribution in [0.25, 0.3) is 0 Å². The third-order valence-corrected chi connectivity index (χ3v) is 3.23. The highest BCUT2D eigenvalue weighted by Gasteiger charge is 2.33. The number of hydrogen-bond donors (Lipinski definition) is 1. The molecule has 0 aromatic rings. The fourth-order valence-corrected chi connectivity index (χ4v) is 1.85. The Labute approximate surface area is 64.0 Å². The van der Waals surface area contributed by atoms with E-state index < -0.39 is 0 Å². The van der Waals surface area contributed by atoms with Crippen LogP contribution in [0.4, 0.5) is 0 Å². The van der Waals surface area contributed by atoms with Crippen molar-refractivity contribution >= 4 is 0 Å². The first-order valence-electron chi connectivity index (χ1n) is 4.29. The third kappa shape index (κ3) is 1.34. The fraction of sp³-hybridized carbons (Fsp3) is 1.00. The lowest BCUT2D eigenvalue weighted by Crippen LogP contribution is -2.41. The molecule has 0 aromatic carbocycles. The van der Waals surface area contributed by atoms with Gasteiger partial charge in [-0.1, -0.05) is 27.2 Å². The van der Waals surface area contributed by atoms with Crippen molar-refractivity contribution in [3.05, 3.63) is 0 Å². The average molecular weight is 141 g/mol. The summed E-state index contributed by atoms with van der Waals surface area (Å²) in [5.74, 6) is 0.696. The summed E-state index contributed by atoms with van der Waals surface area (Å²) < 4.78 is 0. The predicted octanol–water partition coefficient (Wildman–Crippen LogP) is 2.16. The molecule has 0 amide bonds. The zero-order valence-corrected chi connectivity index (χ0v) is 7.35. The topological polar surface area (TPSA) is 26.0 Å². The number of hydrogen-bond acceptors (Lipinski definition) is 1. The van der Waals surface area contributed by atoms with Crippen LogP contribution < -0.4 is 5.73 Å². The second-order valence-electron chi connectivity index (χ2n) is 4.33. The SMILES string of the molecule is CC1C(N)CCCC1(C)C. The molecule has 1 rings (SSSR count). The average Bonchev–Trinajstić information content (AvgIpc) is 1.83. The maximum absolute atomic E-state index is 5.95. The van der Waals surface area contributed by atoms with Crippen molar-refractivity contribution < 1.29 is 0 Å². The summed E-state index contributed by atoms with van der Waals surface area (Å²) in [5, 5.41) is 0. The molecule has 0 aliphatic heterocycles. The summed E-state index contributed by atoms with van der Waals surface area (Å²) in [6, 6.07) is 0.448. The molecule has 1 aliphatic rings. The minimum Gasteiger partial charge on any atom is -0.327 e. The first kappa shape index (κ1) is 8.06. The highest BCUT2D eigenvalue weighted by Crippen LogP contribution is 2.39. The summed E-state index contributed by atoms with van der Waals surface area (Å²) in [6.07, 6.45) is 3.89. The smallest absolute Gasteiger partial charge is 0.00696 e. The van der Waals surface area contributed by atoms with E-state index in [1.807, 2.05) is 0 Å². The summed E-state index contributed by atoms with van der Waals surface area (Å²) in [7, 11) is 0. The molecule has 0 heterocycles. The molecule has 1 aliphatic carbocycles. The van der Waals surface area contributed by atoms with E-state index in [1.165, 1.54) is 19.3 Å². The van der Waals surface area contributed by atoms with Crippen molar-refractivity contribution in [2.75, 3.05) is 0 Å². The maximum atomic E-state index is 5.95. The minimum atomic E-state index is 0.448. The van der Waals surface area contributed by atoms with Gasteiger partial charge in [-0.3, -0.25) is 0 Å². The van der Waals surface area contributed by atoms with Crippen molar-refractivity contribution in [2.24, 2.45) is 17.1 Å². The van der Waals surface area contributed by atoms with Crippen LogP contribution in [0.3, 0.4) is 0 Å². The molecule has 0 saturated heterocycles. The second kappa shape index (κ2) is 2.54. The van der Waals surface area contributed by atoms with E-state index in [9.17, 15) is 0 Å². The largest absolute Gasteiger partial charge is 0.327 e. The van der Waals surface area contributed by atoms with Gasteiger partial charge < -0.3 is 5.73 Å². The Morgan fingerprint density at radius 3 is 2.40 bits per heavy atom. The first-order chi connectivity index (χ1) is 4.54. The van der Waals surface area contributed by atoms with E-state index in [2.05, 4.69) is 20.8 Å². The molecule has 60 valence electrons. The zero-order valence-electron chi connectivity index (χ0n) is 7.35. The van der Waals surface area contributed by atoms with Crippen molar-refractivity contribution in [1.29, 1.82) is 0 Å². The van der Waals surface area contributed by atoms with Gasteiger partial charge in [0.2, 0.25) is 0 Å². The van der Waals surface area contributed by atoms with Crippen molar-refractivity contribution in [2.45, 2.75) is 46.1 Å². The lowest BCUT2D eigenvalue weighted by atomic mass is 9.68. The molecule has 2 atom stereocenters. The van der Waals surface area contributed by atoms with E-state index >= 15 is 0 Å². The fourth-order valence-electron chi connectivity index (χ4n) is 1.85. The van der Waals surface area contributed by atoms with E-state index in [-0.39, 0.29) is 0 Å². The van der Waals surface area contributed by atoms with Gasteiger partial charge in [-0.25, -0.2) is 0 Å². The van der Waals surface area contributed by atoms with Crippen LogP contribution >= 0.6 is 0 Å². The summed E-state index contributed by atoms with van der Waals surface area (Å²) in [5.41, 5.74) is 6.44. The number of rotatable bonds is 0. The molecule has 0 spiro atoms. The van der Waals surface area contributed by atoms with Crippen LogP contribution in [0.5, 0.6) is 0 Å². The van der Waals surface area contributed by atoms with Crippen LogP contribution in [-0.2, 0) is 0 Å². The summed E-state index contributed by atoms with van der Waals surface area (Å²) in [4.78, 5) is 0. The molecule has 0 aromatic heterocycles. The van der Waals surface area contributed by atoms with Crippen molar-refractivity contribution in [3.63, 3.8) is 0 Å². The van der Waals surface area contributed by atoms with Crippen LogP contribution in [0.1, 0.15) is 40.0 Å². The van der Waals surface area contributed by atoms with Gasteiger partial charge >= 0.3 is 0 Å². The van der Waals surface area contributed by atoms with Gasteiger partial charge in [0.25, 0.3) is 0 Å². The van der Waals surface area contributed by atoms with E-state index in [0.717, 1.165) is 0 Å². The Morgan fingerprint density at radius 1 is 1.40 bits per heavy atom. The highest BCUT2D eigenvalue weighted by atomic mass is 14.7. The van der Waals surface area contributed by atoms with Crippen LogP contribution in [-0.4, -0.2) is 6.04 Å². The Hall–Kier alpha value is -0.0400. The molecule has 1 fully saturated rings. The molecule has 10 heavy (non-hydrogen) atoms. The predicted molar refractivity (Wildman–Crippen MR) is 44.8 cm³/mol. The molecular weight excluding hydrogens is 122 g/mol. The molecule has 1 heteroatoms. The van der Waals surface area contributed by atoms with Gasteiger partial charge in [-0.05, 0) is 24.2 Å². The van der Waals surface area contributed by atoms with Gasteiger partial charge in [0.05, 0.1) is 0 Å². The van der Waals surface area contributed by atoms with Gasteiger partial charge in [0, 0.05) is 6.04 Å². The molecule has 1 saturated carbocycles. The first-order valence-corrected chi connectivity index (χ1v) is 4.29. The molecule has 1 nitrogen and oxygen atoms in total. The Balaban J connectivity index is 2.60. The van der Waals surface area contributed by atoms with Gasteiger partial charge in [0.1, 0.15) is 0 Å². The van der Waals surface area contributed by atoms with Gasteiger partial charge in [-0.2, -0.15) is 0 Å². The van der Waals surface area contributed by atoms with E-state index in [4.69, 9.17) is 5.73 Å². The quantitative estimate of drug-likeness (QED) is 0.549. The standard InChI is InChI=1S/C9H19N/c1-7-8(10)5-4-6-9(7,2)3/h7-8H,4-6,10H2,1-3H3. The highest BCUT2D eigenvalue weighted by molar-refractivity contribution is 4.87. The second-order valence-corrected chi connectivity index (χ2v) is 4.33. The monoisotopic (exact) mass is 141 g/mol. The van der Waals surface area contributed by atoms with Crippen LogP contribution in [0, 0.1) is 11.3 Å². The minimum absolute atomic E-state index is 0.448. The molecule has 2 N–H and O–H groups in total. The molecule has 0 bridgehead atoms. The van der Waals surface area contributed by atoms with Crippen LogP contribution in [0.2, 0.25) is 0 Å². The van der Waals surface area contributed by atoms with E-state index in [0.29, 0.717) is 17.4 Å². The zero-order chi connectivity index (χ0) is 7.78. The Bertz CT molecular complexity index is 118. The Kier molecular flexibility index (Phi) is 2.04. The van der Waals surface area contributed by atoms with Gasteiger partial charge in [-0.15, -0.1) is 0 Å². The number of nitrogens with two attached hydrogens (primary N) is 1. The van der Waals surface area contributed by atoms with E-state index in [1.54, 1.807) is 0 Å². The van der Waals surface area contributed by atoms with Crippen molar-refractivity contribution in [3.8, 4) is 0 Å².